The van der Waals surface area contributed by atoms with Crippen LogP contribution in [0.5, 0.6) is 11.6 Å². The minimum Gasteiger partial charge on any atom is -0.438 e. The molecule has 0 spiro atoms. The summed E-state index contributed by atoms with van der Waals surface area (Å²) in [5.74, 6) is 1.06. The Hall–Kier alpha value is -3.69. The molecule has 134 valence electrons. The summed E-state index contributed by atoms with van der Waals surface area (Å²) in [5, 5.41) is 20.4. The zero-order valence-electron chi connectivity index (χ0n) is 15.0. The van der Waals surface area contributed by atoms with Gasteiger partial charge in [0.15, 0.2) is 5.84 Å². The molecular formula is C21H18N4O2. The Morgan fingerprint density at radius 1 is 1.19 bits per heavy atom. The molecule has 3 rings (SSSR count). The molecule has 3 aromatic rings. The van der Waals surface area contributed by atoms with E-state index in [9.17, 15) is 5.21 Å². The van der Waals surface area contributed by atoms with Gasteiger partial charge in [0, 0.05) is 11.8 Å². The number of amidine groups is 1. The highest BCUT2D eigenvalue weighted by Gasteiger charge is 2.14. The number of hydrogen-bond donors (Lipinski definition) is 2. The number of pyridine rings is 1. The molecule has 0 radical (unpaired) electrons. The van der Waals surface area contributed by atoms with Crippen molar-refractivity contribution in [2.45, 2.75) is 13.8 Å². The monoisotopic (exact) mass is 358 g/mol. The maximum absolute atomic E-state index is 9.52. The van der Waals surface area contributed by atoms with Gasteiger partial charge in [-0.15, -0.1) is 0 Å². The Morgan fingerprint density at radius 2 is 1.96 bits per heavy atom. The van der Waals surface area contributed by atoms with Crippen LogP contribution in [0.25, 0.3) is 10.8 Å². The fourth-order valence-electron chi connectivity index (χ4n) is 2.58. The Kier molecular flexibility index (Phi) is 5.45. The van der Waals surface area contributed by atoms with E-state index >= 15 is 0 Å². The molecule has 6 heteroatoms. The average molecular weight is 358 g/mol. The van der Waals surface area contributed by atoms with Gasteiger partial charge in [0.2, 0.25) is 5.88 Å². The highest BCUT2D eigenvalue weighted by molar-refractivity contribution is 6.00. The highest BCUT2D eigenvalue weighted by atomic mass is 16.5. The van der Waals surface area contributed by atoms with E-state index in [-0.39, 0.29) is 5.84 Å². The summed E-state index contributed by atoms with van der Waals surface area (Å²) in [6.07, 6.45) is 1.28. The van der Waals surface area contributed by atoms with Crippen LogP contribution in [0.15, 0.2) is 71.4 Å². The fraction of sp³-hybridized carbons (Fsp3) is 0.0952. The van der Waals surface area contributed by atoms with Crippen LogP contribution < -0.4 is 10.2 Å². The van der Waals surface area contributed by atoms with Crippen molar-refractivity contribution in [3.05, 3.63) is 77.6 Å². The van der Waals surface area contributed by atoms with Crippen molar-refractivity contribution >= 4 is 16.6 Å². The molecule has 27 heavy (non-hydrogen) atoms. The molecule has 0 atom stereocenters. The Morgan fingerprint density at radius 3 is 2.70 bits per heavy atom. The molecule has 2 aromatic carbocycles. The summed E-state index contributed by atoms with van der Waals surface area (Å²) in [5.41, 5.74) is 3.73. The number of hydrogen-bond acceptors (Lipinski definition) is 5. The first-order valence-corrected chi connectivity index (χ1v) is 8.30. The number of aryl methyl sites for hydroxylation is 1. The quantitative estimate of drug-likeness (QED) is 0.310. The van der Waals surface area contributed by atoms with Crippen molar-refractivity contribution in [3.63, 3.8) is 0 Å². The van der Waals surface area contributed by atoms with Gasteiger partial charge in [-0.05, 0) is 48.9 Å². The van der Waals surface area contributed by atoms with Crippen LogP contribution in [0, 0.1) is 18.3 Å². The number of allylic oxidation sites excluding steroid dienone is 2. The van der Waals surface area contributed by atoms with Crippen LogP contribution in [0.2, 0.25) is 0 Å². The number of ether oxygens (including phenoxy) is 1. The number of aromatic nitrogens is 1. The van der Waals surface area contributed by atoms with Gasteiger partial charge in [0.25, 0.3) is 0 Å². The summed E-state index contributed by atoms with van der Waals surface area (Å²) in [4.78, 5) is 8.64. The lowest BCUT2D eigenvalue weighted by atomic mass is 10.1. The van der Waals surface area contributed by atoms with E-state index in [0.717, 1.165) is 16.5 Å². The smallest absolute Gasteiger partial charge is 0.230 e. The molecule has 0 saturated heterocycles. The second kappa shape index (κ2) is 8.13. The molecule has 1 heterocycles. The molecular weight excluding hydrogens is 340 g/mol. The first-order chi connectivity index (χ1) is 13.1. The minimum absolute atomic E-state index is 0.141. The fourth-order valence-corrected chi connectivity index (χ4v) is 2.58. The van der Waals surface area contributed by atoms with Crippen molar-refractivity contribution < 1.29 is 9.94 Å². The molecule has 0 fully saturated rings. The molecule has 2 N–H and O–H groups in total. The predicted octanol–water partition coefficient (Wildman–Crippen LogP) is 4.49. The molecule has 0 unspecified atom stereocenters. The van der Waals surface area contributed by atoms with Gasteiger partial charge in [-0.3, -0.25) is 10.7 Å². The second-order valence-electron chi connectivity index (χ2n) is 5.90. The van der Waals surface area contributed by atoms with E-state index < -0.39 is 0 Å². The molecule has 0 aliphatic rings. The van der Waals surface area contributed by atoms with Gasteiger partial charge in [0.1, 0.15) is 5.75 Å². The lowest BCUT2D eigenvalue weighted by Crippen LogP contribution is -2.21. The predicted molar refractivity (Wildman–Crippen MR) is 104 cm³/mol. The zero-order chi connectivity index (χ0) is 19.2. The lowest BCUT2D eigenvalue weighted by molar-refractivity contribution is 0.234. The SMILES string of the molecule is C/C(=C\C#N)N=C(NO)c1ccc(C)nc1Oc1ccc2ccccc2c1. The van der Waals surface area contributed by atoms with Gasteiger partial charge < -0.3 is 4.74 Å². The number of rotatable bonds is 4. The summed E-state index contributed by atoms with van der Waals surface area (Å²) < 4.78 is 6.00. The highest BCUT2D eigenvalue weighted by Crippen LogP contribution is 2.27. The number of hydroxylamine groups is 1. The van der Waals surface area contributed by atoms with E-state index in [1.807, 2.05) is 55.5 Å². The van der Waals surface area contributed by atoms with Crippen LogP contribution in [0.1, 0.15) is 18.2 Å². The lowest BCUT2D eigenvalue weighted by Gasteiger charge is -2.13. The van der Waals surface area contributed by atoms with Crippen molar-refractivity contribution in [3.8, 4) is 17.7 Å². The maximum Gasteiger partial charge on any atom is 0.230 e. The van der Waals surface area contributed by atoms with Gasteiger partial charge in [-0.25, -0.2) is 9.98 Å². The van der Waals surface area contributed by atoms with E-state index in [4.69, 9.17) is 10.00 Å². The molecule has 0 aliphatic carbocycles. The molecule has 1 aromatic heterocycles. The van der Waals surface area contributed by atoms with Crippen LogP contribution in [-0.2, 0) is 0 Å². The normalized spacial score (nSPS) is 11.9. The first-order valence-electron chi connectivity index (χ1n) is 8.30. The third kappa shape index (κ3) is 4.29. The van der Waals surface area contributed by atoms with Crippen molar-refractivity contribution in [2.24, 2.45) is 4.99 Å². The number of nitrogens with one attached hydrogen (secondary N) is 1. The third-order valence-corrected chi connectivity index (χ3v) is 3.86. The van der Waals surface area contributed by atoms with E-state index in [1.54, 1.807) is 19.1 Å². The van der Waals surface area contributed by atoms with Crippen LogP contribution in [0.4, 0.5) is 0 Å². The second-order valence-corrected chi connectivity index (χ2v) is 5.90. The Bertz CT molecular complexity index is 1080. The number of benzene rings is 2. The summed E-state index contributed by atoms with van der Waals surface area (Å²) in [6, 6.07) is 19.2. The molecule has 6 nitrogen and oxygen atoms in total. The number of nitrogens with zero attached hydrogens (tertiary/aromatic N) is 3. The number of fused-ring (bicyclic) bond motifs is 1. The Labute approximate surface area is 157 Å². The average Bonchev–Trinajstić information content (AvgIpc) is 2.67. The topological polar surface area (TPSA) is 90.5 Å². The van der Waals surface area contributed by atoms with Gasteiger partial charge in [0.05, 0.1) is 17.3 Å². The molecule has 0 bridgehead atoms. The van der Waals surface area contributed by atoms with Crippen LogP contribution >= 0.6 is 0 Å². The number of nitriles is 1. The van der Waals surface area contributed by atoms with Gasteiger partial charge in [-0.2, -0.15) is 5.26 Å². The van der Waals surface area contributed by atoms with Crippen molar-refractivity contribution in [1.29, 1.82) is 5.26 Å². The van der Waals surface area contributed by atoms with E-state index in [1.165, 1.54) is 6.08 Å². The first kappa shape index (κ1) is 18.1. The van der Waals surface area contributed by atoms with Crippen molar-refractivity contribution in [1.82, 2.24) is 10.5 Å². The maximum atomic E-state index is 9.52. The summed E-state index contributed by atoms with van der Waals surface area (Å²) >= 11 is 0. The molecule has 0 aliphatic heterocycles. The molecule has 0 amide bonds. The largest absolute Gasteiger partial charge is 0.438 e. The minimum atomic E-state index is 0.141. The van der Waals surface area contributed by atoms with E-state index in [0.29, 0.717) is 22.9 Å². The molecule has 0 saturated carbocycles. The number of aliphatic imine (C=N–C) groups is 1. The van der Waals surface area contributed by atoms with E-state index in [2.05, 4.69) is 15.5 Å². The summed E-state index contributed by atoms with van der Waals surface area (Å²) in [7, 11) is 0. The summed E-state index contributed by atoms with van der Waals surface area (Å²) in [6.45, 7) is 3.51. The van der Waals surface area contributed by atoms with Crippen molar-refractivity contribution in [2.75, 3.05) is 0 Å². The van der Waals surface area contributed by atoms with Gasteiger partial charge >= 0.3 is 0 Å². The van der Waals surface area contributed by atoms with Gasteiger partial charge in [-0.1, -0.05) is 30.3 Å². The van der Waals surface area contributed by atoms with Crippen LogP contribution in [-0.4, -0.2) is 16.0 Å². The van der Waals surface area contributed by atoms with Crippen LogP contribution in [0.3, 0.4) is 0 Å². The zero-order valence-corrected chi connectivity index (χ0v) is 15.0. The Balaban J connectivity index is 2.03. The standard InChI is InChI=1S/C21H18N4O2/c1-14-7-10-19(20(25-26)23-15(2)11-12-22)21(24-14)27-18-9-8-16-5-3-4-6-17(16)13-18/h3-11,13,26H,1-2H3,(H,23,25)/b15-11+. The third-order valence-electron chi connectivity index (χ3n) is 3.86.